The van der Waals surface area contributed by atoms with Gasteiger partial charge in [0.1, 0.15) is 11.5 Å². The third-order valence-electron chi connectivity index (χ3n) is 2.47. The van der Waals surface area contributed by atoms with E-state index in [4.69, 9.17) is 4.74 Å². The molecule has 2 rings (SSSR count). The zero-order valence-corrected chi connectivity index (χ0v) is 8.86. The van der Waals surface area contributed by atoms with Crippen molar-refractivity contribution in [1.29, 1.82) is 0 Å². The van der Waals surface area contributed by atoms with Gasteiger partial charge >= 0.3 is 0 Å². The highest BCUT2D eigenvalue weighted by atomic mass is 16.5. The third-order valence-corrected chi connectivity index (χ3v) is 2.47. The quantitative estimate of drug-likeness (QED) is 0.669. The van der Waals surface area contributed by atoms with Gasteiger partial charge in [-0.1, -0.05) is 36.9 Å². The summed E-state index contributed by atoms with van der Waals surface area (Å²) in [6.07, 6.45) is 6.72. The second-order valence-corrected chi connectivity index (χ2v) is 3.47. The first-order chi connectivity index (χ1) is 7.35. The smallest absolute Gasteiger partial charge is 0.130 e. The molecule has 1 aromatic carbocycles. The van der Waals surface area contributed by atoms with Crippen LogP contribution in [0.15, 0.2) is 60.4 Å². The van der Waals surface area contributed by atoms with Crippen LogP contribution in [-0.2, 0) is 6.42 Å². The molecule has 1 heteroatoms. The van der Waals surface area contributed by atoms with E-state index in [1.165, 1.54) is 11.1 Å². The number of hydrogen-bond donors (Lipinski definition) is 0. The van der Waals surface area contributed by atoms with Crippen LogP contribution in [0.2, 0.25) is 0 Å². The van der Waals surface area contributed by atoms with Gasteiger partial charge in [0, 0.05) is 6.42 Å². The molecule has 0 N–H and O–H groups in total. The van der Waals surface area contributed by atoms with E-state index >= 15 is 0 Å². The van der Waals surface area contributed by atoms with Crippen LogP contribution in [0.5, 0.6) is 5.75 Å². The van der Waals surface area contributed by atoms with Gasteiger partial charge in [-0.25, -0.2) is 0 Å². The molecule has 0 aliphatic carbocycles. The van der Waals surface area contributed by atoms with E-state index in [9.17, 15) is 0 Å². The topological polar surface area (TPSA) is 9.23 Å². The molecule has 1 aromatic rings. The Kier molecular flexibility index (Phi) is 2.72. The monoisotopic (exact) mass is 198 g/mol. The number of allylic oxidation sites excluding steroid dienone is 4. The van der Waals surface area contributed by atoms with Crippen molar-refractivity contribution in [1.82, 2.24) is 0 Å². The van der Waals surface area contributed by atoms with Gasteiger partial charge in [0.25, 0.3) is 0 Å². The summed E-state index contributed by atoms with van der Waals surface area (Å²) in [4.78, 5) is 0. The second kappa shape index (κ2) is 4.18. The largest absolute Gasteiger partial charge is 0.457 e. The van der Waals surface area contributed by atoms with Gasteiger partial charge in [-0.15, -0.1) is 0 Å². The van der Waals surface area contributed by atoms with E-state index in [2.05, 4.69) is 12.6 Å². The summed E-state index contributed by atoms with van der Waals surface area (Å²) in [7, 11) is 0. The minimum Gasteiger partial charge on any atom is -0.457 e. The predicted molar refractivity (Wildman–Crippen MR) is 62.8 cm³/mol. The highest BCUT2D eigenvalue weighted by Crippen LogP contribution is 2.32. The highest BCUT2D eigenvalue weighted by molar-refractivity contribution is 5.47. The fourth-order valence-electron chi connectivity index (χ4n) is 1.75. The SMILES string of the molecule is C=C/C=C1/Cc2ccccc2O/C1=C/C. The Labute approximate surface area is 90.4 Å². The van der Waals surface area contributed by atoms with Crippen molar-refractivity contribution in [2.75, 3.05) is 0 Å². The number of ether oxygens (including phenoxy) is 1. The number of hydrogen-bond acceptors (Lipinski definition) is 1. The fourth-order valence-corrected chi connectivity index (χ4v) is 1.75. The second-order valence-electron chi connectivity index (χ2n) is 3.47. The lowest BCUT2D eigenvalue weighted by atomic mass is 9.99. The van der Waals surface area contributed by atoms with Gasteiger partial charge in [-0.3, -0.25) is 0 Å². The van der Waals surface area contributed by atoms with Crippen LogP contribution in [0.25, 0.3) is 0 Å². The van der Waals surface area contributed by atoms with Crippen LogP contribution in [0.3, 0.4) is 0 Å². The Bertz CT molecular complexity index is 438. The Balaban J connectivity index is 2.44. The van der Waals surface area contributed by atoms with Crippen LogP contribution in [0.4, 0.5) is 0 Å². The average Bonchev–Trinajstić information content (AvgIpc) is 2.28. The molecule has 15 heavy (non-hydrogen) atoms. The van der Waals surface area contributed by atoms with Crippen molar-refractivity contribution >= 4 is 0 Å². The fraction of sp³-hybridized carbons (Fsp3) is 0.143. The molecular formula is C14H14O. The first-order valence-corrected chi connectivity index (χ1v) is 5.09. The van der Waals surface area contributed by atoms with E-state index in [1.807, 2.05) is 37.3 Å². The number of fused-ring (bicyclic) bond motifs is 1. The molecule has 0 saturated heterocycles. The normalized spacial score (nSPS) is 19.8. The molecule has 1 aliphatic heterocycles. The Hall–Kier alpha value is -1.76. The van der Waals surface area contributed by atoms with E-state index in [0.717, 1.165) is 17.9 Å². The zero-order chi connectivity index (χ0) is 10.7. The summed E-state index contributed by atoms with van der Waals surface area (Å²) < 4.78 is 5.79. The third kappa shape index (κ3) is 1.86. The first kappa shape index (κ1) is 9.78. The number of para-hydroxylation sites is 1. The average molecular weight is 198 g/mol. The maximum Gasteiger partial charge on any atom is 0.130 e. The molecule has 0 aromatic heterocycles. The van der Waals surface area contributed by atoms with Crippen molar-refractivity contribution < 1.29 is 4.74 Å². The predicted octanol–water partition coefficient (Wildman–Crippen LogP) is 3.64. The molecule has 1 nitrogen and oxygen atoms in total. The summed E-state index contributed by atoms with van der Waals surface area (Å²) in [5.41, 5.74) is 2.42. The van der Waals surface area contributed by atoms with Crippen LogP contribution in [0, 0.1) is 0 Å². The van der Waals surface area contributed by atoms with Crippen molar-refractivity contribution in [2.24, 2.45) is 0 Å². The molecule has 0 radical (unpaired) electrons. The molecule has 1 heterocycles. The Morgan fingerprint density at radius 3 is 2.87 bits per heavy atom. The summed E-state index contributed by atoms with van der Waals surface area (Å²) in [6.45, 7) is 5.71. The van der Waals surface area contributed by atoms with Crippen LogP contribution in [-0.4, -0.2) is 0 Å². The lowest BCUT2D eigenvalue weighted by Gasteiger charge is -2.21. The lowest BCUT2D eigenvalue weighted by Crippen LogP contribution is -2.09. The molecule has 0 amide bonds. The summed E-state index contributed by atoms with van der Waals surface area (Å²) in [6, 6.07) is 8.13. The van der Waals surface area contributed by atoms with E-state index in [0.29, 0.717) is 0 Å². The molecule has 0 atom stereocenters. The zero-order valence-electron chi connectivity index (χ0n) is 8.86. The van der Waals surface area contributed by atoms with Crippen molar-refractivity contribution in [3.63, 3.8) is 0 Å². The molecular weight excluding hydrogens is 184 g/mol. The van der Waals surface area contributed by atoms with Gasteiger partial charge < -0.3 is 4.74 Å². The minimum absolute atomic E-state index is 0.919. The van der Waals surface area contributed by atoms with Crippen molar-refractivity contribution in [3.8, 4) is 5.75 Å². The molecule has 76 valence electrons. The molecule has 0 spiro atoms. The standard InChI is InChI=1S/C14H14O/c1-3-7-11-10-12-8-5-6-9-14(12)15-13(11)4-2/h3-9H,1,10H2,2H3/b11-7-,13-4+. The van der Waals surface area contributed by atoms with Gasteiger partial charge in [-0.05, 0) is 30.2 Å². The van der Waals surface area contributed by atoms with Gasteiger partial charge in [0.2, 0.25) is 0 Å². The molecule has 0 saturated carbocycles. The maximum atomic E-state index is 5.79. The van der Waals surface area contributed by atoms with E-state index < -0.39 is 0 Å². The summed E-state index contributed by atoms with van der Waals surface area (Å²) in [5.74, 6) is 1.90. The first-order valence-electron chi connectivity index (χ1n) is 5.09. The van der Waals surface area contributed by atoms with E-state index in [-0.39, 0.29) is 0 Å². The number of rotatable bonds is 1. The van der Waals surface area contributed by atoms with Gasteiger partial charge in [0.15, 0.2) is 0 Å². The summed E-state index contributed by atoms with van der Waals surface area (Å²) >= 11 is 0. The summed E-state index contributed by atoms with van der Waals surface area (Å²) in [5, 5.41) is 0. The van der Waals surface area contributed by atoms with Crippen LogP contribution in [0.1, 0.15) is 12.5 Å². The van der Waals surface area contributed by atoms with Crippen molar-refractivity contribution in [2.45, 2.75) is 13.3 Å². The van der Waals surface area contributed by atoms with Crippen LogP contribution >= 0.6 is 0 Å². The molecule has 0 unspecified atom stereocenters. The van der Waals surface area contributed by atoms with Crippen LogP contribution < -0.4 is 4.74 Å². The minimum atomic E-state index is 0.919. The molecule has 0 bridgehead atoms. The number of benzene rings is 1. The molecule has 1 aliphatic rings. The Morgan fingerprint density at radius 2 is 2.13 bits per heavy atom. The molecule has 0 fully saturated rings. The Morgan fingerprint density at radius 1 is 1.33 bits per heavy atom. The van der Waals surface area contributed by atoms with Gasteiger partial charge in [-0.2, -0.15) is 0 Å². The lowest BCUT2D eigenvalue weighted by molar-refractivity contribution is 0.414. The van der Waals surface area contributed by atoms with Gasteiger partial charge in [0.05, 0.1) is 0 Å². The van der Waals surface area contributed by atoms with Crippen molar-refractivity contribution in [3.05, 3.63) is 66.0 Å². The highest BCUT2D eigenvalue weighted by Gasteiger charge is 2.17. The van der Waals surface area contributed by atoms with E-state index in [1.54, 1.807) is 6.08 Å². The maximum absolute atomic E-state index is 5.79.